The Morgan fingerprint density at radius 1 is 1.16 bits per heavy atom. The van der Waals surface area contributed by atoms with Gasteiger partial charge in [0.2, 0.25) is 0 Å². The van der Waals surface area contributed by atoms with Crippen LogP contribution in [0.4, 0.5) is 14.6 Å². The molecule has 0 aliphatic carbocycles. The quantitative estimate of drug-likeness (QED) is 0.732. The Bertz CT molecular complexity index is 765. The number of fused-ring (bicyclic) bond motifs is 1. The van der Waals surface area contributed by atoms with Gasteiger partial charge in [0.05, 0.1) is 10.9 Å². The molecule has 19 heavy (non-hydrogen) atoms. The molecule has 0 bridgehead atoms. The number of nitrogens with two attached hydrogens (primary N) is 1. The first-order valence-electron chi connectivity index (χ1n) is 5.36. The Labute approximate surface area is 115 Å². The van der Waals surface area contributed by atoms with Gasteiger partial charge in [-0.1, -0.05) is 27.2 Å². The second-order valence-electron chi connectivity index (χ2n) is 3.99. The Morgan fingerprint density at radius 3 is 2.53 bits per heavy atom. The SMILES string of the molecule is Nc1noc2cc(Br)cc(-c3c(F)cccc3F)c12. The van der Waals surface area contributed by atoms with Gasteiger partial charge in [0.1, 0.15) is 11.6 Å². The molecular formula is C13H7BrF2N2O. The monoisotopic (exact) mass is 324 g/mol. The van der Waals surface area contributed by atoms with Gasteiger partial charge in [0, 0.05) is 10.0 Å². The number of nitrogens with zero attached hydrogens (tertiary/aromatic N) is 1. The first kappa shape index (κ1) is 12.1. The molecule has 1 aromatic heterocycles. The number of nitrogen functional groups attached to an aromatic ring is 1. The third-order valence-corrected chi connectivity index (χ3v) is 3.26. The van der Waals surface area contributed by atoms with Gasteiger partial charge >= 0.3 is 0 Å². The molecule has 0 saturated carbocycles. The molecule has 96 valence electrons. The highest BCUT2D eigenvalue weighted by Gasteiger charge is 2.18. The Hall–Kier alpha value is -1.95. The lowest BCUT2D eigenvalue weighted by atomic mass is 10.0. The molecule has 2 aromatic carbocycles. The van der Waals surface area contributed by atoms with Gasteiger partial charge in [0.25, 0.3) is 0 Å². The van der Waals surface area contributed by atoms with Crippen molar-refractivity contribution in [2.75, 3.05) is 5.73 Å². The summed E-state index contributed by atoms with van der Waals surface area (Å²) in [7, 11) is 0. The maximum atomic E-state index is 13.9. The summed E-state index contributed by atoms with van der Waals surface area (Å²) in [4.78, 5) is 0. The van der Waals surface area contributed by atoms with E-state index in [1.54, 1.807) is 12.1 Å². The highest BCUT2D eigenvalue weighted by atomic mass is 79.9. The van der Waals surface area contributed by atoms with Crippen molar-refractivity contribution in [2.24, 2.45) is 0 Å². The summed E-state index contributed by atoms with van der Waals surface area (Å²) < 4.78 is 33.4. The third kappa shape index (κ3) is 1.88. The van der Waals surface area contributed by atoms with Crippen LogP contribution < -0.4 is 5.73 Å². The molecule has 1 heterocycles. The number of benzene rings is 2. The van der Waals surface area contributed by atoms with Crippen molar-refractivity contribution in [3.63, 3.8) is 0 Å². The predicted octanol–water partition coefficient (Wildman–Crippen LogP) is 4.12. The zero-order valence-corrected chi connectivity index (χ0v) is 11.0. The van der Waals surface area contributed by atoms with E-state index in [2.05, 4.69) is 21.1 Å². The molecule has 0 aliphatic rings. The van der Waals surface area contributed by atoms with Crippen molar-refractivity contribution >= 4 is 32.7 Å². The van der Waals surface area contributed by atoms with Crippen molar-refractivity contribution < 1.29 is 13.3 Å². The minimum Gasteiger partial charge on any atom is -0.380 e. The summed E-state index contributed by atoms with van der Waals surface area (Å²) in [5, 5.41) is 4.01. The summed E-state index contributed by atoms with van der Waals surface area (Å²) in [6, 6.07) is 6.91. The number of hydrogen-bond acceptors (Lipinski definition) is 3. The van der Waals surface area contributed by atoms with Crippen molar-refractivity contribution in [1.29, 1.82) is 0 Å². The van der Waals surface area contributed by atoms with Crippen LogP contribution in [0, 0.1) is 11.6 Å². The average Bonchev–Trinajstić information content (AvgIpc) is 2.70. The smallest absolute Gasteiger partial charge is 0.175 e. The van der Waals surface area contributed by atoms with Gasteiger partial charge in [-0.25, -0.2) is 8.78 Å². The van der Waals surface area contributed by atoms with E-state index in [9.17, 15) is 8.78 Å². The van der Waals surface area contributed by atoms with Gasteiger partial charge in [-0.15, -0.1) is 0 Å². The zero-order chi connectivity index (χ0) is 13.6. The van der Waals surface area contributed by atoms with Crippen LogP contribution in [0.25, 0.3) is 22.1 Å². The summed E-state index contributed by atoms with van der Waals surface area (Å²) >= 11 is 3.27. The van der Waals surface area contributed by atoms with Crippen LogP contribution in [0.2, 0.25) is 0 Å². The molecule has 0 fully saturated rings. The Kier molecular flexibility index (Phi) is 2.74. The van der Waals surface area contributed by atoms with Crippen LogP contribution in [0.1, 0.15) is 0 Å². The van der Waals surface area contributed by atoms with E-state index < -0.39 is 11.6 Å². The van der Waals surface area contributed by atoms with Crippen molar-refractivity contribution in [3.8, 4) is 11.1 Å². The molecule has 3 nitrogen and oxygen atoms in total. The summed E-state index contributed by atoms with van der Waals surface area (Å²) in [6.45, 7) is 0. The molecule has 0 aliphatic heterocycles. The number of hydrogen-bond donors (Lipinski definition) is 1. The van der Waals surface area contributed by atoms with Crippen LogP contribution in [-0.2, 0) is 0 Å². The fourth-order valence-electron chi connectivity index (χ4n) is 2.01. The first-order chi connectivity index (χ1) is 9.08. The molecule has 0 saturated heterocycles. The molecule has 3 rings (SSSR count). The minimum absolute atomic E-state index is 0.0974. The Balaban J connectivity index is 2.45. The highest BCUT2D eigenvalue weighted by molar-refractivity contribution is 9.10. The molecule has 0 radical (unpaired) electrons. The third-order valence-electron chi connectivity index (χ3n) is 2.80. The lowest BCUT2D eigenvalue weighted by Gasteiger charge is -2.07. The molecular weight excluding hydrogens is 318 g/mol. The van der Waals surface area contributed by atoms with Crippen LogP contribution >= 0.6 is 15.9 Å². The van der Waals surface area contributed by atoms with E-state index in [1.807, 2.05) is 0 Å². The molecule has 0 spiro atoms. The number of anilines is 1. The van der Waals surface area contributed by atoms with E-state index >= 15 is 0 Å². The van der Waals surface area contributed by atoms with E-state index in [0.717, 1.165) is 0 Å². The van der Waals surface area contributed by atoms with E-state index in [1.165, 1.54) is 18.2 Å². The van der Waals surface area contributed by atoms with Crippen LogP contribution in [0.15, 0.2) is 39.3 Å². The standard InChI is InChI=1S/C13H7BrF2N2O/c14-6-4-7(11-8(15)2-1-3-9(11)16)12-10(5-6)19-18-13(12)17/h1-5H,(H2,17,18). The molecule has 0 unspecified atom stereocenters. The second kappa shape index (κ2) is 4.31. The summed E-state index contributed by atoms with van der Waals surface area (Å²) in [6.07, 6.45) is 0. The molecule has 6 heteroatoms. The van der Waals surface area contributed by atoms with E-state index in [4.69, 9.17) is 10.3 Å². The highest BCUT2D eigenvalue weighted by Crippen LogP contribution is 2.37. The van der Waals surface area contributed by atoms with Crippen molar-refractivity contribution in [1.82, 2.24) is 5.16 Å². The maximum Gasteiger partial charge on any atom is 0.175 e. The van der Waals surface area contributed by atoms with Crippen LogP contribution in [-0.4, -0.2) is 5.16 Å². The summed E-state index contributed by atoms with van der Waals surface area (Å²) in [5.74, 6) is -1.24. The van der Waals surface area contributed by atoms with Gasteiger partial charge in [-0.05, 0) is 24.3 Å². The van der Waals surface area contributed by atoms with Gasteiger partial charge in [-0.2, -0.15) is 0 Å². The minimum atomic E-state index is -0.667. The topological polar surface area (TPSA) is 52.0 Å². The second-order valence-corrected chi connectivity index (χ2v) is 4.91. The lowest BCUT2D eigenvalue weighted by molar-refractivity contribution is 0.460. The zero-order valence-electron chi connectivity index (χ0n) is 9.45. The Morgan fingerprint density at radius 2 is 1.84 bits per heavy atom. The van der Waals surface area contributed by atoms with Gasteiger partial charge in [-0.3, -0.25) is 0 Å². The fourth-order valence-corrected chi connectivity index (χ4v) is 2.45. The maximum absolute atomic E-state index is 13.9. The van der Waals surface area contributed by atoms with Crippen molar-refractivity contribution in [2.45, 2.75) is 0 Å². The predicted molar refractivity (Wildman–Crippen MR) is 71.5 cm³/mol. The molecule has 0 atom stereocenters. The molecule has 3 aromatic rings. The van der Waals surface area contributed by atoms with Gasteiger partial charge < -0.3 is 10.3 Å². The fraction of sp³-hybridized carbons (Fsp3) is 0. The van der Waals surface area contributed by atoms with Crippen LogP contribution in [0.3, 0.4) is 0 Å². The van der Waals surface area contributed by atoms with Crippen molar-refractivity contribution in [3.05, 3.63) is 46.4 Å². The lowest BCUT2D eigenvalue weighted by Crippen LogP contribution is -1.92. The normalized spacial score (nSPS) is 11.1. The number of rotatable bonds is 1. The first-order valence-corrected chi connectivity index (χ1v) is 6.16. The molecule has 2 N–H and O–H groups in total. The number of aromatic nitrogens is 1. The van der Waals surface area contributed by atoms with E-state index in [0.29, 0.717) is 21.0 Å². The van der Waals surface area contributed by atoms with Crippen LogP contribution in [0.5, 0.6) is 0 Å². The largest absolute Gasteiger partial charge is 0.380 e. The number of halogens is 3. The average molecular weight is 325 g/mol. The molecule has 0 amide bonds. The van der Waals surface area contributed by atoms with Gasteiger partial charge in [0.15, 0.2) is 11.4 Å². The van der Waals surface area contributed by atoms with E-state index in [-0.39, 0.29) is 11.4 Å². The summed E-state index contributed by atoms with van der Waals surface area (Å²) in [5.41, 5.74) is 6.22.